The normalized spacial score (nSPS) is 49.4. The molecule has 8 fully saturated rings. The molecule has 0 unspecified atom stereocenters. The van der Waals surface area contributed by atoms with E-state index < -0.39 is 84.8 Å². The zero-order chi connectivity index (χ0) is 41.5. The molecule has 0 aromatic carbocycles. The van der Waals surface area contributed by atoms with E-state index in [9.17, 15) is 19.8 Å². The predicted molar refractivity (Wildman–Crippen MR) is 213 cm³/mol. The van der Waals surface area contributed by atoms with Crippen LogP contribution in [0.3, 0.4) is 0 Å². The largest absolute Gasteiger partial charge is 0.390 e. The molecule has 0 radical (unpaired) electrons. The summed E-state index contributed by atoms with van der Waals surface area (Å²) >= 11 is 0. The summed E-state index contributed by atoms with van der Waals surface area (Å²) in [4.78, 5) is 32.8. The number of carbonyl (C=O) groups is 2. The van der Waals surface area contributed by atoms with E-state index in [1.54, 1.807) is 14.2 Å². The molecule has 60 heavy (non-hydrogen) atoms. The van der Waals surface area contributed by atoms with Gasteiger partial charge in [-0.05, 0) is 75.2 Å². The van der Waals surface area contributed by atoms with Crippen molar-refractivity contribution < 1.29 is 62.4 Å². The predicted octanol–water partition coefficient (Wildman–Crippen LogP) is 3.23. The van der Waals surface area contributed by atoms with Crippen molar-refractivity contribution in [1.29, 1.82) is 0 Å². The highest BCUT2D eigenvalue weighted by atomic mass is 16.7. The average Bonchev–Trinajstić information content (AvgIpc) is 3.87. The van der Waals surface area contributed by atoms with Crippen LogP contribution in [0.25, 0.3) is 0 Å². The highest BCUT2D eigenvalue weighted by Crippen LogP contribution is 2.54. The van der Waals surface area contributed by atoms with Crippen LogP contribution in [0.15, 0.2) is 17.1 Å². The lowest BCUT2D eigenvalue weighted by Crippen LogP contribution is -2.66. The number of hydrogen-bond donors (Lipinski definition) is 3. The number of hydrogen-bond acceptors (Lipinski definition) is 14. The number of rotatable bonds is 8. The summed E-state index contributed by atoms with van der Waals surface area (Å²) in [6.07, 6.45) is 2.98. The molecule has 15 nitrogen and oxygen atoms in total. The maximum Gasteiger partial charge on any atom is 0.249 e. The van der Waals surface area contributed by atoms with Gasteiger partial charge in [0.15, 0.2) is 5.79 Å². The van der Waals surface area contributed by atoms with Gasteiger partial charge >= 0.3 is 0 Å². The third-order valence-corrected chi connectivity index (χ3v) is 15.7. The standard InChI is InChI=1S/C45H66N2O13/c1-22-13-27-11-12-44-20-31(49)42(60-44)36-19-38(59-44)45-37(57-36)10-8-28(58-45)15-25(48)16-30-33(18-34-39(47-45)23(2)14-26(55-34)7-9-32(22)54-27)56-35(41(30)53-4)17-29(52-3)21-46-43(51)40(50)24-5-6-24/h23-24,26-38,40-42,49-50H,1,5-21H2,2-4H3,(H,46,51)/b47-39-/t23-,26+,27+,28-,29+,30+,31-,32+,33+,34-,35-,36-,37+,38-,40+,41-,42+,44-,45+/m1/s1. The van der Waals surface area contributed by atoms with Gasteiger partial charge in [0, 0.05) is 77.3 Å². The van der Waals surface area contributed by atoms with Gasteiger partial charge in [0.25, 0.3) is 0 Å². The Balaban J connectivity index is 0.998. The lowest BCUT2D eigenvalue weighted by atomic mass is 9.79. The first kappa shape index (κ1) is 42.1. The SMILES string of the molecule is C=C1C[C@@H]2CC[C@]34C[C@@H](O)[C@H](O3)[C@H]3C[C@@H](O4)[C@]45/N=C6/[C@H](C)C[C@H](CC[C@@H]1O2)O[C@@H]6C[C@@H]1O[C@H](C[C@@H](CNC(=O)[C@@H](O)C2CC2)OC)[C@H](OC)[C@H]1CC(=O)C[C@@H](CC[C@@H]4O3)O5. The second-order valence-electron chi connectivity index (χ2n) is 19.9. The Labute approximate surface area is 352 Å². The first-order valence-electron chi connectivity index (χ1n) is 23.1. The molecule has 7 saturated heterocycles. The van der Waals surface area contributed by atoms with Crippen molar-refractivity contribution in [3.63, 3.8) is 0 Å². The molecule has 0 aromatic heterocycles. The Morgan fingerprint density at radius 1 is 0.900 bits per heavy atom. The number of carbonyl (C=O) groups excluding carboxylic acids is 2. The van der Waals surface area contributed by atoms with E-state index in [2.05, 4.69) is 18.8 Å². The highest BCUT2D eigenvalue weighted by Gasteiger charge is 2.66. The summed E-state index contributed by atoms with van der Waals surface area (Å²) in [5.74, 6) is -1.61. The molecule has 1 saturated carbocycles. The van der Waals surface area contributed by atoms with Crippen molar-refractivity contribution in [1.82, 2.24) is 5.32 Å². The Bertz CT molecular complexity index is 1680. The first-order valence-corrected chi connectivity index (χ1v) is 23.1. The number of aliphatic hydroxyl groups excluding tert-OH is 2. The number of nitrogens with zero attached hydrogens (tertiary/aromatic N) is 1. The number of fused-ring (bicyclic) bond motifs is 8. The fourth-order valence-corrected chi connectivity index (χ4v) is 12.4. The number of amides is 1. The number of ketones is 1. The van der Waals surface area contributed by atoms with Gasteiger partial charge in [-0.15, -0.1) is 0 Å². The number of methoxy groups -OCH3 is 2. The van der Waals surface area contributed by atoms with Gasteiger partial charge in [-0.25, -0.2) is 0 Å². The zero-order valence-electron chi connectivity index (χ0n) is 35.5. The maximum atomic E-state index is 14.3. The molecule has 11 bridgehead atoms. The molecule has 10 aliphatic heterocycles. The summed E-state index contributed by atoms with van der Waals surface area (Å²) in [5.41, 5.74) is 0.734. The maximum absolute atomic E-state index is 14.3. The molecule has 19 atom stereocenters. The third-order valence-electron chi connectivity index (χ3n) is 15.7. The number of nitrogens with one attached hydrogen (secondary N) is 1. The van der Waals surface area contributed by atoms with Gasteiger partial charge in [-0.3, -0.25) is 14.6 Å². The minimum absolute atomic E-state index is 0.0241. The number of aliphatic hydroxyl groups is 2. The third kappa shape index (κ3) is 7.87. The van der Waals surface area contributed by atoms with E-state index in [1.807, 2.05) is 0 Å². The monoisotopic (exact) mass is 842 g/mol. The Kier molecular flexibility index (Phi) is 11.6. The van der Waals surface area contributed by atoms with Crippen LogP contribution in [-0.2, 0) is 52.2 Å². The van der Waals surface area contributed by atoms with Gasteiger partial charge in [0.1, 0.15) is 30.2 Å². The van der Waals surface area contributed by atoms with E-state index >= 15 is 0 Å². The van der Waals surface area contributed by atoms with Crippen LogP contribution >= 0.6 is 0 Å². The molecule has 2 spiro atoms. The lowest BCUT2D eigenvalue weighted by molar-refractivity contribution is -0.316. The molecule has 3 N–H and O–H groups in total. The van der Waals surface area contributed by atoms with Crippen LogP contribution < -0.4 is 5.32 Å². The number of Topliss-reactive ketones (excluding diaryl/α,β-unsaturated/α-hetero) is 1. The molecular weight excluding hydrogens is 776 g/mol. The molecule has 1 aliphatic carbocycles. The Morgan fingerprint density at radius 2 is 1.72 bits per heavy atom. The molecule has 10 heterocycles. The van der Waals surface area contributed by atoms with E-state index in [-0.39, 0.29) is 67.1 Å². The topological polar surface area (TPSA) is 182 Å². The van der Waals surface area contributed by atoms with Crippen LogP contribution in [-0.4, -0.2) is 151 Å². The van der Waals surface area contributed by atoms with Crippen molar-refractivity contribution >= 4 is 17.4 Å². The molecule has 1 amide bonds. The molecule has 11 rings (SSSR count). The smallest absolute Gasteiger partial charge is 0.249 e. The molecule has 334 valence electrons. The summed E-state index contributed by atoms with van der Waals surface area (Å²) in [6, 6.07) is 0. The van der Waals surface area contributed by atoms with Gasteiger partial charge in [0.2, 0.25) is 11.6 Å². The number of ether oxygens (including phenoxy) is 9. The molecule has 0 aromatic rings. The van der Waals surface area contributed by atoms with Crippen LogP contribution in [0.5, 0.6) is 0 Å². The van der Waals surface area contributed by atoms with E-state index in [1.165, 1.54) is 0 Å². The summed E-state index contributed by atoms with van der Waals surface area (Å²) < 4.78 is 61.0. The van der Waals surface area contributed by atoms with Crippen molar-refractivity contribution in [2.75, 3.05) is 20.8 Å². The minimum Gasteiger partial charge on any atom is -0.390 e. The van der Waals surface area contributed by atoms with Crippen LogP contribution in [0.1, 0.15) is 110 Å². The fourth-order valence-electron chi connectivity index (χ4n) is 12.4. The van der Waals surface area contributed by atoms with Gasteiger partial charge in [0.05, 0.1) is 67.1 Å². The van der Waals surface area contributed by atoms with Gasteiger partial charge in [-0.2, -0.15) is 0 Å². The second-order valence-corrected chi connectivity index (χ2v) is 19.9. The molecular formula is C45H66N2O13. The highest BCUT2D eigenvalue weighted by molar-refractivity contribution is 5.92. The average molecular weight is 843 g/mol. The van der Waals surface area contributed by atoms with Crippen molar-refractivity contribution in [2.24, 2.45) is 22.7 Å². The van der Waals surface area contributed by atoms with Gasteiger partial charge < -0.3 is 58.2 Å². The zero-order valence-corrected chi connectivity index (χ0v) is 35.5. The fraction of sp³-hybridized carbons (Fsp3) is 0.889. The first-order chi connectivity index (χ1) is 28.9. The van der Waals surface area contributed by atoms with Crippen molar-refractivity contribution in [3.8, 4) is 0 Å². The Morgan fingerprint density at radius 3 is 2.52 bits per heavy atom. The van der Waals surface area contributed by atoms with Crippen molar-refractivity contribution in [2.45, 2.75) is 213 Å². The van der Waals surface area contributed by atoms with Gasteiger partial charge in [-0.1, -0.05) is 13.5 Å². The Hall–Kier alpha value is -1.89. The van der Waals surface area contributed by atoms with Crippen LogP contribution in [0.2, 0.25) is 0 Å². The van der Waals surface area contributed by atoms with E-state index in [4.69, 9.17) is 47.6 Å². The molecule has 15 heteroatoms. The quantitative estimate of drug-likeness (QED) is 0.304. The van der Waals surface area contributed by atoms with E-state index in [0.29, 0.717) is 51.4 Å². The number of aliphatic imine (C=N–C) groups is 1. The summed E-state index contributed by atoms with van der Waals surface area (Å²) in [5, 5.41) is 24.7. The van der Waals surface area contributed by atoms with E-state index in [0.717, 1.165) is 49.8 Å². The van der Waals surface area contributed by atoms with Crippen LogP contribution in [0, 0.1) is 17.8 Å². The lowest BCUT2D eigenvalue weighted by Gasteiger charge is -2.54. The molecule has 11 aliphatic rings. The second kappa shape index (κ2) is 16.6. The summed E-state index contributed by atoms with van der Waals surface area (Å²) in [6.45, 7) is 6.86. The minimum atomic E-state index is -1.25. The van der Waals surface area contributed by atoms with Crippen molar-refractivity contribution in [3.05, 3.63) is 12.2 Å². The van der Waals surface area contributed by atoms with Crippen LogP contribution in [0.4, 0.5) is 0 Å². The summed E-state index contributed by atoms with van der Waals surface area (Å²) in [7, 11) is 3.27.